The molecule has 1 unspecified atom stereocenters. The van der Waals surface area contributed by atoms with E-state index in [1.807, 2.05) is 6.92 Å². The van der Waals surface area contributed by atoms with Crippen LogP contribution in [0.2, 0.25) is 0 Å². The molecule has 0 spiro atoms. The minimum atomic E-state index is -3.77. The maximum absolute atomic E-state index is 13.1. The van der Waals surface area contributed by atoms with Crippen LogP contribution in [0.4, 0.5) is 10.2 Å². The number of ether oxygens (including phenoxy) is 1. The van der Waals surface area contributed by atoms with Gasteiger partial charge in [0.25, 0.3) is 10.0 Å². The number of halogens is 1. The van der Waals surface area contributed by atoms with Gasteiger partial charge in [0, 0.05) is 12.5 Å². The van der Waals surface area contributed by atoms with Gasteiger partial charge < -0.3 is 4.74 Å². The Morgan fingerprint density at radius 3 is 2.78 bits per heavy atom. The molecular formula is C19H18FN3O3S. The molecule has 0 saturated heterocycles. The predicted molar refractivity (Wildman–Crippen MR) is 98.8 cm³/mol. The molecule has 2 heterocycles. The van der Waals surface area contributed by atoms with Gasteiger partial charge in [-0.05, 0) is 48.4 Å². The minimum Gasteiger partial charge on any atom is -0.490 e. The smallest absolute Gasteiger partial charge is 0.263 e. The quantitative estimate of drug-likeness (QED) is 0.730. The van der Waals surface area contributed by atoms with Gasteiger partial charge in [-0.1, -0.05) is 12.1 Å². The molecule has 1 aliphatic rings. The van der Waals surface area contributed by atoms with E-state index in [0.29, 0.717) is 18.8 Å². The molecule has 0 bridgehead atoms. The van der Waals surface area contributed by atoms with Crippen LogP contribution in [0.3, 0.4) is 0 Å². The van der Waals surface area contributed by atoms with E-state index in [1.54, 1.807) is 30.3 Å². The third-order valence-electron chi connectivity index (χ3n) is 4.38. The van der Waals surface area contributed by atoms with Crippen molar-refractivity contribution in [3.8, 4) is 5.75 Å². The molecule has 0 radical (unpaired) electrons. The number of anilines is 1. The second-order valence-corrected chi connectivity index (χ2v) is 8.19. The Morgan fingerprint density at radius 1 is 1.22 bits per heavy atom. The van der Waals surface area contributed by atoms with Crippen LogP contribution in [0.1, 0.15) is 18.1 Å². The lowest BCUT2D eigenvalue weighted by molar-refractivity contribution is 0.254. The monoisotopic (exact) mass is 387 g/mol. The van der Waals surface area contributed by atoms with Crippen LogP contribution >= 0.6 is 0 Å². The molecule has 4 rings (SSSR count). The van der Waals surface area contributed by atoms with Gasteiger partial charge in [-0.3, -0.25) is 4.72 Å². The van der Waals surface area contributed by atoms with Gasteiger partial charge >= 0.3 is 0 Å². The highest BCUT2D eigenvalue weighted by Gasteiger charge is 2.23. The van der Waals surface area contributed by atoms with Crippen LogP contribution in [0.15, 0.2) is 59.6 Å². The second-order valence-electron chi connectivity index (χ2n) is 6.51. The van der Waals surface area contributed by atoms with Gasteiger partial charge in [-0.15, -0.1) is 0 Å². The summed E-state index contributed by atoms with van der Waals surface area (Å²) in [4.78, 5) is 0.175. The maximum atomic E-state index is 13.1. The Hall–Kier alpha value is -2.87. The Morgan fingerprint density at radius 2 is 2.00 bits per heavy atom. The fourth-order valence-corrected chi connectivity index (χ4v) is 4.18. The first-order valence-electron chi connectivity index (χ1n) is 8.49. The van der Waals surface area contributed by atoms with E-state index >= 15 is 0 Å². The van der Waals surface area contributed by atoms with E-state index in [-0.39, 0.29) is 16.8 Å². The number of nitrogens with one attached hydrogen (secondary N) is 1. The van der Waals surface area contributed by atoms with E-state index in [2.05, 4.69) is 9.82 Å². The van der Waals surface area contributed by atoms with Crippen LogP contribution in [0, 0.1) is 5.82 Å². The van der Waals surface area contributed by atoms with Gasteiger partial charge in [-0.25, -0.2) is 17.5 Å². The SMILES string of the molecule is CC1Cc2cc(S(=O)(=O)Nc3ccnn3Cc3ccc(F)cc3)ccc2O1. The van der Waals surface area contributed by atoms with Crippen LogP contribution in [-0.4, -0.2) is 24.3 Å². The maximum Gasteiger partial charge on any atom is 0.263 e. The lowest BCUT2D eigenvalue weighted by atomic mass is 10.1. The zero-order chi connectivity index (χ0) is 19.0. The summed E-state index contributed by atoms with van der Waals surface area (Å²) in [5, 5.41) is 4.16. The topological polar surface area (TPSA) is 73.2 Å². The van der Waals surface area contributed by atoms with Crippen molar-refractivity contribution < 1.29 is 17.5 Å². The average molecular weight is 387 g/mol. The fourth-order valence-electron chi connectivity index (χ4n) is 3.07. The first-order chi connectivity index (χ1) is 12.9. The van der Waals surface area contributed by atoms with Crippen LogP contribution < -0.4 is 9.46 Å². The molecule has 3 aromatic rings. The second kappa shape index (κ2) is 6.70. The number of nitrogens with zero attached hydrogens (tertiary/aromatic N) is 2. The number of aromatic nitrogens is 2. The summed E-state index contributed by atoms with van der Waals surface area (Å²) in [7, 11) is -3.77. The third kappa shape index (κ3) is 3.66. The summed E-state index contributed by atoms with van der Waals surface area (Å²) in [6.45, 7) is 2.26. The van der Waals surface area contributed by atoms with Crippen molar-refractivity contribution >= 4 is 15.8 Å². The average Bonchev–Trinajstić information content (AvgIpc) is 3.21. The highest BCUT2D eigenvalue weighted by molar-refractivity contribution is 7.92. The summed E-state index contributed by atoms with van der Waals surface area (Å²) in [6.07, 6.45) is 2.24. The van der Waals surface area contributed by atoms with E-state index in [4.69, 9.17) is 4.74 Å². The molecule has 8 heteroatoms. The molecule has 1 N–H and O–H groups in total. The van der Waals surface area contributed by atoms with Gasteiger partial charge in [0.05, 0.1) is 17.6 Å². The first-order valence-corrected chi connectivity index (χ1v) is 9.98. The number of hydrogen-bond donors (Lipinski definition) is 1. The highest BCUT2D eigenvalue weighted by Crippen LogP contribution is 2.31. The standard InChI is InChI=1S/C19H18FN3O3S/c1-13-10-15-11-17(6-7-18(15)26-13)27(24,25)22-19-8-9-21-23(19)12-14-2-4-16(20)5-3-14/h2-9,11,13,22H,10,12H2,1H3. The lowest BCUT2D eigenvalue weighted by Crippen LogP contribution is -2.17. The van der Waals surface area contributed by atoms with Crippen molar-refractivity contribution in [1.82, 2.24) is 9.78 Å². The van der Waals surface area contributed by atoms with Crippen molar-refractivity contribution in [2.75, 3.05) is 4.72 Å². The van der Waals surface area contributed by atoms with Gasteiger partial charge in [-0.2, -0.15) is 5.10 Å². The summed E-state index contributed by atoms with van der Waals surface area (Å²) < 4.78 is 48.3. The minimum absolute atomic E-state index is 0.0445. The predicted octanol–water partition coefficient (Wildman–Crippen LogP) is 3.19. The lowest BCUT2D eigenvalue weighted by Gasteiger charge is -2.11. The fraction of sp³-hybridized carbons (Fsp3) is 0.211. The Bertz CT molecular complexity index is 1080. The Kier molecular flexibility index (Phi) is 4.35. The van der Waals surface area contributed by atoms with E-state index < -0.39 is 10.0 Å². The molecule has 6 nitrogen and oxygen atoms in total. The van der Waals surface area contributed by atoms with Crippen LogP contribution in [-0.2, 0) is 23.0 Å². The first kappa shape index (κ1) is 17.5. The van der Waals surface area contributed by atoms with Crippen molar-refractivity contribution in [2.24, 2.45) is 0 Å². The number of rotatable bonds is 5. The molecule has 1 atom stereocenters. The van der Waals surface area contributed by atoms with Crippen molar-refractivity contribution in [3.05, 3.63) is 71.7 Å². The molecule has 1 aromatic heterocycles. The summed E-state index contributed by atoms with van der Waals surface area (Å²) >= 11 is 0. The Balaban J connectivity index is 1.56. The molecule has 0 fully saturated rings. The summed E-state index contributed by atoms with van der Waals surface area (Å²) in [6, 6.07) is 12.4. The molecular weight excluding hydrogens is 369 g/mol. The van der Waals surface area contributed by atoms with E-state index in [9.17, 15) is 12.8 Å². The van der Waals surface area contributed by atoms with Crippen LogP contribution in [0.5, 0.6) is 5.75 Å². The number of fused-ring (bicyclic) bond motifs is 1. The third-order valence-corrected chi connectivity index (χ3v) is 5.73. The molecule has 27 heavy (non-hydrogen) atoms. The zero-order valence-electron chi connectivity index (χ0n) is 14.6. The highest BCUT2D eigenvalue weighted by atomic mass is 32.2. The van der Waals surface area contributed by atoms with Gasteiger partial charge in [0.15, 0.2) is 0 Å². The normalized spacial score (nSPS) is 16.0. The molecule has 0 saturated carbocycles. The van der Waals surface area contributed by atoms with Crippen molar-refractivity contribution in [3.63, 3.8) is 0 Å². The molecule has 1 aliphatic heterocycles. The zero-order valence-corrected chi connectivity index (χ0v) is 15.4. The number of hydrogen-bond acceptors (Lipinski definition) is 4. The summed E-state index contributed by atoms with van der Waals surface area (Å²) in [5.41, 5.74) is 1.69. The number of benzene rings is 2. The summed E-state index contributed by atoms with van der Waals surface area (Å²) in [5.74, 6) is 0.738. The number of sulfonamides is 1. The van der Waals surface area contributed by atoms with E-state index in [0.717, 1.165) is 16.9 Å². The molecule has 0 amide bonds. The van der Waals surface area contributed by atoms with Crippen molar-refractivity contribution in [1.29, 1.82) is 0 Å². The largest absolute Gasteiger partial charge is 0.490 e. The van der Waals surface area contributed by atoms with Crippen LogP contribution in [0.25, 0.3) is 0 Å². The van der Waals surface area contributed by atoms with Crippen molar-refractivity contribution in [2.45, 2.75) is 30.9 Å². The molecule has 0 aliphatic carbocycles. The van der Waals surface area contributed by atoms with Gasteiger partial charge in [0.2, 0.25) is 0 Å². The van der Waals surface area contributed by atoms with E-state index in [1.165, 1.54) is 29.1 Å². The van der Waals surface area contributed by atoms with Gasteiger partial charge in [0.1, 0.15) is 23.5 Å². The Labute approximate surface area is 156 Å². The molecule has 140 valence electrons. The molecule has 2 aromatic carbocycles.